The van der Waals surface area contributed by atoms with Gasteiger partial charge in [-0.05, 0) is 43.5 Å². The molecule has 1 aliphatic rings. The molecule has 18 heavy (non-hydrogen) atoms. The van der Waals surface area contributed by atoms with E-state index in [0.717, 1.165) is 31.9 Å². The first-order chi connectivity index (χ1) is 8.47. The van der Waals surface area contributed by atoms with Crippen LogP contribution in [0.15, 0.2) is 18.2 Å². The lowest BCUT2D eigenvalue weighted by Gasteiger charge is -2.24. The van der Waals surface area contributed by atoms with Crippen LogP contribution in [-0.2, 0) is 12.6 Å². The summed E-state index contributed by atoms with van der Waals surface area (Å²) in [5, 5.41) is 3.20. The normalized spacial score (nSPS) is 21.0. The van der Waals surface area contributed by atoms with Gasteiger partial charge in [0, 0.05) is 6.04 Å². The van der Waals surface area contributed by atoms with Gasteiger partial charge in [-0.3, -0.25) is 0 Å². The highest BCUT2D eigenvalue weighted by molar-refractivity contribution is 5.31. The lowest BCUT2D eigenvalue weighted by atomic mass is 9.94. The molecular formula is C13H15F4N. The average Bonchev–Trinajstić information content (AvgIpc) is 2.31. The monoisotopic (exact) mass is 261 g/mol. The highest BCUT2D eigenvalue weighted by Gasteiger charge is 2.34. The van der Waals surface area contributed by atoms with E-state index in [4.69, 9.17) is 0 Å². The Morgan fingerprint density at radius 3 is 2.61 bits per heavy atom. The minimum Gasteiger partial charge on any atom is -0.314 e. The molecule has 1 fully saturated rings. The Balaban J connectivity index is 2.21. The van der Waals surface area contributed by atoms with Gasteiger partial charge < -0.3 is 5.32 Å². The van der Waals surface area contributed by atoms with Crippen molar-refractivity contribution in [2.24, 2.45) is 0 Å². The summed E-state index contributed by atoms with van der Waals surface area (Å²) in [6, 6.07) is 2.98. The number of halogens is 4. The van der Waals surface area contributed by atoms with Crippen molar-refractivity contribution in [2.45, 2.75) is 37.9 Å². The van der Waals surface area contributed by atoms with E-state index < -0.39 is 17.6 Å². The molecule has 1 atom stereocenters. The first kappa shape index (κ1) is 13.3. The number of hydrogen-bond donors (Lipinski definition) is 1. The molecule has 0 bridgehead atoms. The first-order valence-electron chi connectivity index (χ1n) is 6.06. The van der Waals surface area contributed by atoms with Gasteiger partial charge in [0.25, 0.3) is 0 Å². The van der Waals surface area contributed by atoms with Gasteiger partial charge in [-0.1, -0.05) is 12.5 Å². The van der Waals surface area contributed by atoms with Gasteiger partial charge in [0.05, 0.1) is 5.56 Å². The van der Waals surface area contributed by atoms with Crippen LogP contribution in [-0.4, -0.2) is 12.6 Å². The topological polar surface area (TPSA) is 12.0 Å². The second-order valence-corrected chi connectivity index (χ2v) is 4.65. The van der Waals surface area contributed by atoms with Gasteiger partial charge in [0.2, 0.25) is 0 Å². The molecule has 1 unspecified atom stereocenters. The van der Waals surface area contributed by atoms with Gasteiger partial charge in [-0.25, -0.2) is 4.39 Å². The minimum atomic E-state index is -4.49. The van der Waals surface area contributed by atoms with Crippen molar-refractivity contribution in [3.8, 4) is 0 Å². The Labute approximate surface area is 103 Å². The third kappa shape index (κ3) is 3.22. The summed E-state index contributed by atoms with van der Waals surface area (Å²) in [6.07, 6.45) is -1.23. The van der Waals surface area contributed by atoms with Crippen LogP contribution in [0.5, 0.6) is 0 Å². The molecule has 1 nitrogen and oxygen atoms in total. The van der Waals surface area contributed by atoms with Crippen LogP contribution in [0.1, 0.15) is 30.4 Å². The van der Waals surface area contributed by atoms with Gasteiger partial charge in [0.15, 0.2) is 0 Å². The maximum Gasteiger partial charge on any atom is 0.416 e. The van der Waals surface area contributed by atoms with E-state index in [9.17, 15) is 17.6 Å². The Morgan fingerprint density at radius 1 is 1.22 bits per heavy atom. The predicted octanol–water partition coefficient (Wildman–Crippen LogP) is 3.53. The van der Waals surface area contributed by atoms with E-state index in [-0.39, 0.29) is 11.6 Å². The molecule has 2 rings (SSSR count). The molecule has 1 aromatic rings. The zero-order valence-electron chi connectivity index (χ0n) is 9.86. The summed E-state index contributed by atoms with van der Waals surface area (Å²) in [7, 11) is 0. The highest BCUT2D eigenvalue weighted by Crippen LogP contribution is 2.33. The Morgan fingerprint density at radius 2 is 2.00 bits per heavy atom. The fraction of sp³-hybridized carbons (Fsp3) is 0.538. The quantitative estimate of drug-likeness (QED) is 0.803. The molecule has 1 saturated heterocycles. The predicted molar refractivity (Wildman–Crippen MR) is 60.7 cm³/mol. The number of nitrogens with one attached hydrogen (secondary N) is 1. The first-order valence-corrected chi connectivity index (χ1v) is 6.06. The van der Waals surface area contributed by atoms with Crippen molar-refractivity contribution in [3.63, 3.8) is 0 Å². The average molecular weight is 261 g/mol. The molecule has 5 heteroatoms. The van der Waals surface area contributed by atoms with E-state index in [1.165, 1.54) is 6.07 Å². The summed E-state index contributed by atoms with van der Waals surface area (Å²) in [5.74, 6) is -0.845. The highest BCUT2D eigenvalue weighted by atomic mass is 19.4. The zero-order chi connectivity index (χ0) is 13.2. The van der Waals surface area contributed by atoms with Crippen LogP contribution in [0.2, 0.25) is 0 Å². The lowest BCUT2D eigenvalue weighted by Crippen LogP contribution is -2.36. The lowest BCUT2D eigenvalue weighted by molar-refractivity contribution is -0.138. The molecule has 1 heterocycles. The standard InChI is InChI=1S/C13H15F4N/c14-10-5-4-9(12(8-10)13(15,16)17)7-11-3-1-2-6-18-11/h4-5,8,11,18H,1-3,6-7H2. The molecule has 0 amide bonds. The number of benzene rings is 1. The van der Waals surface area contributed by atoms with E-state index in [0.29, 0.717) is 12.5 Å². The van der Waals surface area contributed by atoms with Crippen molar-refractivity contribution < 1.29 is 17.6 Å². The maximum absolute atomic E-state index is 12.9. The molecule has 1 N–H and O–H groups in total. The summed E-state index contributed by atoms with van der Waals surface area (Å²) in [4.78, 5) is 0. The third-order valence-corrected chi connectivity index (χ3v) is 3.26. The molecule has 1 aliphatic heterocycles. The van der Waals surface area contributed by atoms with Crippen LogP contribution in [0, 0.1) is 5.82 Å². The molecule has 100 valence electrons. The Kier molecular flexibility index (Phi) is 3.90. The largest absolute Gasteiger partial charge is 0.416 e. The zero-order valence-corrected chi connectivity index (χ0v) is 9.86. The molecule has 0 aliphatic carbocycles. The van der Waals surface area contributed by atoms with Crippen molar-refractivity contribution in [1.82, 2.24) is 5.32 Å². The maximum atomic E-state index is 12.9. The van der Waals surface area contributed by atoms with Crippen LogP contribution >= 0.6 is 0 Å². The summed E-state index contributed by atoms with van der Waals surface area (Å²) >= 11 is 0. The molecule has 1 aromatic carbocycles. The van der Waals surface area contributed by atoms with E-state index >= 15 is 0 Å². The van der Waals surface area contributed by atoms with Gasteiger partial charge >= 0.3 is 6.18 Å². The van der Waals surface area contributed by atoms with Crippen molar-refractivity contribution in [3.05, 3.63) is 35.1 Å². The van der Waals surface area contributed by atoms with Gasteiger partial charge in [0.1, 0.15) is 5.82 Å². The van der Waals surface area contributed by atoms with Gasteiger partial charge in [-0.2, -0.15) is 13.2 Å². The Hall–Kier alpha value is -1.10. The summed E-state index contributed by atoms with van der Waals surface area (Å²) < 4.78 is 51.3. The van der Waals surface area contributed by atoms with E-state index in [1.54, 1.807) is 0 Å². The van der Waals surface area contributed by atoms with Crippen molar-refractivity contribution >= 4 is 0 Å². The van der Waals surface area contributed by atoms with E-state index in [1.807, 2.05) is 0 Å². The van der Waals surface area contributed by atoms with Crippen molar-refractivity contribution in [2.75, 3.05) is 6.54 Å². The van der Waals surface area contributed by atoms with Crippen molar-refractivity contribution in [1.29, 1.82) is 0 Å². The molecule has 0 spiro atoms. The van der Waals surface area contributed by atoms with Gasteiger partial charge in [-0.15, -0.1) is 0 Å². The number of alkyl halides is 3. The SMILES string of the molecule is Fc1ccc(CC2CCCCN2)c(C(F)(F)F)c1. The smallest absolute Gasteiger partial charge is 0.314 e. The molecular weight excluding hydrogens is 246 g/mol. The van der Waals surface area contributed by atoms with Crippen LogP contribution in [0.25, 0.3) is 0 Å². The second kappa shape index (κ2) is 5.26. The fourth-order valence-corrected chi connectivity index (χ4v) is 2.35. The third-order valence-electron chi connectivity index (χ3n) is 3.26. The second-order valence-electron chi connectivity index (χ2n) is 4.65. The number of piperidine rings is 1. The summed E-state index contributed by atoms with van der Waals surface area (Å²) in [5.41, 5.74) is -0.682. The molecule has 0 saturated carbocycles. The van der Waals surface area contributed by atoms with Crippen LogP contribution in [0.3, 0.4) is 0 Å². The summed E-state index contributed by atoms with van der Waals surface area (Å²) in [6.45, 7) is 0.840. The van der Waals surface area contributed by atoms with Crippen LogP contribution < -0.4 is 5.32 Å². The number of hydrogen-bond acceptors (Lipinski definition) is 1. The molecule has 0 aromatic heterocycles. The van der Waals surface area contributed by atoms with Crippen LogP contribution in [0.4, 0.5) is 17.6 Å². The fourth-order valence-electron chi connectivity index (χ4n) is 2.35. The minimum absolute atomic E-state index is 0.0605. The Bertz CT molecular complexity index is 408. The van der Waals surface area contributed by atoms with E-state index in [2.05, 4.69) is 5.32 Å². The number of rotatable bonds is 2. The molecule has 0 radical (unpaired) electrons.